The van der Waals surface area contributed by atoms with Gasteiger partial charge in [-0.15, -0.1) is 0 Å². The molecule has 1 saturated carbocycles. The van der Waals surface area contributed by atoms with Crippen LogP contribution in [0.25, 0.3) is 0 Å². The summed E-state index contributed by atoms with van der Waals surface area (Å²) in [4.78, 5) is 15.0. The van der Waals surface area contributed by atoms with Gasteiger partial charge in [-0.1, -0.05) is 18.6 Å². The molecule has 0 spiro atoms. The summed E-state index contributed by atoms with van der Waals surface area (Å²) in [5.41, 5.74) is 5.25. The second-order valence-electron chi connectivity index (χ2n) is 5.46. The van der Waals surface area contributed by atoms with Crippen LogP contribution in [0, 0.1) is 5.41 Å². The van der Waals surface area contributed by atoms with E-state index in [1.165, 1.54) is 0 Å². The highest BCUT2D eigenvalue weighted by Gasteiger charge is 2.50. The zero-order valence-electron chi connectivity index (χ0n) is 10.7. The molecule has 1 unspecified atom stereocenters. The fourth-order valence-corrected chi connectivity index (χ4v) is 3.39. The first kappa shape index (κ1) is 13.7. The lowest BCUT2D eigenvalue weighted by Gasteiger charge is -2.43. The van der Waals surface area contributed by atoms with Crippen LogP contribution in [-0.2, 0) is 4.79 Å². The normalized spacial score (nSPS) is 25.8. The van der Waals surface area contributed by atoms with Gasteiger partial charge in [0.05, 0.1) is 10.4 Å². The van der Waals surface area contributed by atoms with Gasteiger partial charge in [-0.2, -0.15) is 0 Å². The summed E-state index contributed by atoms with van der Waals surface area (Å²) in [6, 6.07) is 0.275. The molecule has 0 aromatic rings. The Morgan fingerprint density at radius 1 is 1.44 bits per heavy atom. The van der Waals surface area contributed by atoms with Crippen molar-refractivity contribution < 1.29 is 9.90 Å². The summed E-state index contributed by atoms with van der Waals surface area (Å²) < 4.78 is 0. The summed E-state index contributed by atoms with van der Waals surface area (Å²) in [7, 11) is 0. The Bertz CT molecular complexity index is 342. The highest BCUT2D eigenvalue weighted by Crippen LogP contribution is 2.44. The number of aliphatic hydroxyl groups is 1. The Labute approximate surface area is 114 Å². The summed E-state index contributed by atoms with van der Waals surface area (Å²) in [6.45, 7) is 1.01. The van der Waals surface area contributed by atoms with Gasteiger partial charge < -0.3 is 15.7 Å². The minimum atomic E-state index is -0.545. The molecule has 18 heavy (non-hydrogen) atoms. The summed E-state index contributed by atoms with van der Waals surface area (Å²) in [5.74, 6) is 0.140. The lowest BCUT2D eigenvalue weighted by molar-refractivity contribution is -0.143. The molecular weight excluding hydrogens is 248 g/mol. The van der Waals surface area contributed by atoms with E-state index in [1.54, 1.807) is 0 Å². The maximum atomic E-state index is 12.7. The van der Waals surface area contributed by atoms with Crippen LogP contribution in [0.1, 0.15) is 44.9 Å². The molecule has 1 saturated heterocycles. The standard InChI is InChI=1S/C13H22N2O2S/c14-11(18)13(6-3-7-13)12(17)15-8-1-4-10(15)5-2-9-16/h10,16H,1-9H2,(H2,14,18). The van der Waals surface area contributed by atoms with Crippen LogP contribution < -0.4 is 5.73 Å². The van der Waals surface area contributed by atoms with Gasteiger partial charge in [0, 0.05) is 19.2 Å². The van der Waals surface area contributed by atoms with Gasteiger partial charge in [0.1, 0.15) is 0 Å². The number of hydrogen-bond acceptors (Lipinski definition) is 3. The van der Waals surface area contributed by atoms with Crippen molar-refractivity contribution in [1.82, 2.24) is 4.90 Å². The predicted octanol–water partition coefficient (Wildman–Crippen LogP) is 1.21. The topological polar surface area (TPSA) is 66.6 Å². The molecule has 5 heteroatoms. The van der Waals surface area contributed by atoms with E-state index in [0.717, 1.165) is 51.5 Å². The largest absolute Gasteiger partial charge is 0.396 e. The van der Waals surface area contributed by atoms with Crippen LogP contribution in [0.15, 0.2) is 0 Å². The van der Waals surface area contributed by atoms with Crippen LogP contribution in [0.5, 0.6) is 0 Å². The molecule has 0 aromatic carbocycles. The molecule has 1 aliphatic heterocycles. The number of hydrogen-bond donors (Lipinski definition) is 2. The minimum Gasteiger partial charge on any atom is -0.396 e. The Morgan fingerprint density at radius 2 is 2.17 bits per heavy atom. The number of amides is 1. The minimum absolute atomic E-state index is 0.140. The van der Waals surface area contributed by atoms with Gasteiger partial charge in [0.2, 0.25) is 5.91 Å². The average molecular weight is 270 g/mol. The van der Waals surface area contributed by atoms with E-state index >= 15 is 0 Å². The third-order valence-electron chi connectivity index (χ3n) is 4.42. The first-order chi connectivity index (χ1) is 8.62. The Balaban J connectivity index is 2.05. The third-order valence-corrected chi connectivity index (χ3v) is 4.81. The van der Waals surface area contributed by atoms with Crippen LogP contribution in [0.4, 0.5) is 0 Å². The van der Waals surface area contributed by atoms with Crippen molar-refractivity contribution in [2.45, 2.75) is 51.0 Å². The van der Waals surface area contributed by atoms with Gasteiger partial charge in [-0.05, 0) is 38.5 Å². The van der Waals surface area contributed by atoms with Crippen molar-refractivity contribution in [3.8, 4) is 0 Å². The fraction of sp³-hybridized carbons (Fsp3) is 0.846. The molecule has 2 fully saturated rings. The van der Waals surface area contributed by atoms with Crippen LogP contribution in [-0.4, -0.2) is 40.1 Å². The summed E-state index contributed by atoms with van der Waals surface area (Å²) >= 11 is 5.11. The van der Waals surface area contributed by atoms with E-state index in [1.807, 2.05) is 4.90 Å². The average Bonchev–Trinajstić information content (AvgIpc) is 2.71. The molecule has 1 amide bonds. The molecule has 2 aliphatic rings. The van der Waals surface area contributed by atoms with E-state index in [2.05, 4.69) is 0 Å². The van der Waals surface area contributed by atoms with Crippen LogP contribution >= 0.6 is 12.2 Å². The van der Waals surface area contributed by atoms with Crippen molar-refractivity contribution in [2.24, 2.45) is 11.1 Å². The highest BCUT2D eigenvalue weighted by atomic mass is 32.1. The first-order valence-electron chi connectivity index (χ1n) is 6.83. The predicted molar refractivity (Wildman–Crippen MR) is 74.1 cm³/mol. The monoisotopic (exact) mass is 270 g/mol. The number of nitrogens with zero attached hydrogens (tertiary/aromatic N) is 1. The molecule has 3 N–H and O–H groups in total. The van der Waals surface area contributed by atoms with Gasteiger partial charge in [0.15, 0.2) is 0 Å². The van der Waals surface area contributed by atoms with Gasteiger partial charge in [-0.3, -0.25) is 4.79 Å². The number of thiocarbonyl (C=S) groups is 1. The second kappa shape index (κ2) is 5.53. The Kier molecular flexibility index (Phi) is 4.22. The third kappa shape index (κ3) is 2.26. The zero-order valence-corrected chi connectivity index (χ0v) is 11.5. The number of rotatable bonds is 5. The molecule has 0 bridgehead atoms. The smallest absolute Gasteiger partial charge is 0.235 e. The molecule has 4 nitrogen and oxygen atoms in total. The number of nitrogens with two attached hydrogens (primary N) is 1. The van der Waals surface area contributed by atoms with E-state index in [-0.39, 0.29) is 18.6 Å². The maximum absolute atomic E-state index is 12.7. The van der Waals surface area contributed by atoms with E-state index in [9.17, 15) is 4.79 Å². The first-order valence-corrected chi connectivity index (χ1v) is 7.24. The molecule has 1 heterocycles. The molecule has 102 valence electrons. The summed E-state index contributed by atoms with van der Waals surface area (Å²) in [6.07, 6.45) is 6.39. The van der Waals surface area contributed by atoms with Gasteiger partial charge in [-0.25, -0.2) is 0 Å². The Morgan fingerprint density at radius 3 is 2.67 bits per heavy atom. The number of likely N-dealkylation sites (tertiary alicyclic amines) is 1. The van der Waals surface area contributed by atoms with Crippen molar-refractivity contribution in [3.05, 3.63) is 0 Å². The van der Waals surface area contributed by atoms with Crippen molar-refractivity contribution in [3.63, 3.8) is 0 Å². The molecule has 0 aromatic heterocycles. The van der Waals surface area contributed by atoms with Gasteiger partial charge in [0.25, 0.3) is 0 Å². The van der Waals surface area contributed by atoms with Crippen LogP contribution in [0.3, 0.4) is 0 Å². The number of carbonyl (C=O) groups is 1. The van der Waals surface area contributed by atoms with E-state index in [0.29, 0.717) is 4.99 Å². The Hall–Kier alpha value is -0.680. The van der Waals surface area contributed by atoms with Gasteiger partial charge >= 0.3 is 0 Å². The summed E-state index contributed by atoms with van der Waals surface area (Å²) in [5, 5.41) is 8.91. The maximum Gasteiger partial charge on any atom is 0.235 e. The molecule has 0 radical (unpaired) electrons. The lowest BCUT2D eigenvalue weighted by Crippen LogP contribution is -2.55. The molecular formula is C13H22N2O2S. The quantitative estimate of drug-likeness (QED) is 0.737. The fourth-order valence-electron chi connectivity index (χ4n) is 3.10. The lowest BCUT2D eigenvalue weighted by atomic mass is 9.67. The molecule has 2 rings (SSSR count). The highest BCUT2D eigenvalue weighted by molar-refractivity contribution is 7.80. The second-order valence-corrected chi connectivity index (χ2v) is 5.90. The zero-order chi connectivity index (χ0) is 13.2. The van der Waals surface area contributed by atoms with Crippen molar-refractivity contribution in [2.75, 3.05) is 13.2 Å². The van der Waals surface area contributed by atoms with E-state index in [4.69, 9.17) is 23.1 Å². The molecule has 1 atom stereocenters. The number of carbonyl (C=O) groups excluding carboxylic acids is 1. The molecule has 1 aliphatic carbocycles. The van der Waals surface area contributed by atoms with Crippen LogP contribution in [0.2, 0.25) is 0 Å². The van der Waals surface area contributed by atoms with E-state index < -0.39 is 5.41 Å². The van der Waals surface area contributed by atoms with Crippen molar-refractivity contribution in [1.29, 1.82) is 0 Å². The number of aliphatic hydroxyl groups excluding tert-OH is 1. The van der Waals surface area contributed by atoms with Crippen molar-refractivity contribution >= 4 is 23.1 Å². The SMILES string of the molecule is NC(=S)C1(C(=O)N2CCCC2CCCO)CCC1.